The van der Waals surface area contributed by atoms with E-state index >= 15 is 0 Å². The molecule has 1 atom stereocenters. The number of carbonyl (C=O) groups excluding carboxylic acids is 2. The van der Waals surface area contributed by atoms with Crippen molar-refractivity contribution in [2.24, 2.45) is 5.73 Å². The first-order valence-electron chi connectivity index (χ1n) is 6.64. The fourth-order valence-electron chi connectivity index (χ4n) is 1.92. The van der Waals surface area contributed by atoms with E-state index in [1.54, 1.807) is 6.08 Å². The van der Waals surface area contributed by atoms with Gasteiger partial charge in [-0.3, -0.25) is 9.59 Å². The lowest BCUT2D eigenvalue weighted by atomic mass is 10.0. The van der Waals surface area contributed by atoms with Crippen LogP contribution in [0.25, 0.3) is 0 Å². The van der Waals surface area contributed by atoms with Gasteiger partial charge in [0, 0.05) is 0 Å². The molecule has 0 saturated carbocycles. The summed E-state index contributed by atoms with van der Waals surface area (Å²) in [5.41, 5.74) is 3.58. The molecule has 7 heteroatoms. The van der Waals surface area contributed by atoms with E-state index in [4.69, 9.17) is 5.73 Å². The Balaban J connectivity index is 2.91. The smallest absolute Gasteiger partial charge is 0.368 e. The summed E-state index contributed by atoms with van der Waals surface area (Å²) in [7, 11) is 0. The summed E-state index contributed by atoms with van der Waals surface area (Å²) in [6, 6.07) is 3.36. The average Bonchev–Trinajstić information content (AvgIpc) is 2.45. The average molecular weight is 314 g/mol. The van der Waals surface area contributed by atoms with Gasteiger partial charge in [-0.15, -0.1) is 6.58 Å². The second-order valence-corrected chi connectivity index (χ2v) is 4.69. The minimum atomic E-state index is -4.65. The Kier molecular flexibility index (Phi) is 6.15. The molecule has 1 aromatic rings. The maximum Gasteiger partial charge on any atom is 0.417 e. The molecule has 0 saturated heterocycles. The van der Waals surface area contributed by atoms with Crippen LogP contribution in [0.15, 0.2) is 36.9 Å². The number of nitrogens with two attached hydrogens (primary N) is 1. The minimum Gasteiger partial charge on any atom is -0.368 e. The van der Waals surface area contributed by atoms with Crippen LogP contribution >= 0.6 is 0 Å². The van der Waals surface area contributed by atoms with Gasteiger partial charge >= 0.3 is 6.18 Å². The minimum absolute atomic E-state index is 0.237. The van der Waals surface area contributed by atoms with E-state index in [0.29, 0.717) is 12.8 Å². The zero-order valence-corrected chi connectivity index (χ0v) is 11.8. The molecule has 0 unspecified atom stereocenters. The van der Waals surface area contributed by atoms with E-state index < -0.39 is 35.2 Å². The van der Waals surface area contributed by atoms with Gasteiger partial charge in [-0.1, -0.05) is 18.2 Å². The second-order valence-electron chi connectivity index (χ2n) is 4.69. The van der Waals surface area contributed by atoms with E-state index in [1.807, 2.05) is 0 Å². The van der Waals surface area contributed by atoms with Gasteiger partial charge in [0.1, 0.15) is 6.04 Å². The molecule has 0 aliphatic heterocycles. The van der Waals surface area contributed by atoms with Crippen LogP contribution in [0.2, 0.25) is 0 Å². The molecule has 1 rings (SSSR count). The van der Waals surface area contributed by atoms with Gasteiger partial charge < -0.3 is 11.1 Å². The highest BCUT2D eigenvalue weighted by molar-refractivity contribution is 5.98. The van der Waals surface area contributed by atoms with E-state index in [9.17, 15) is 22.8 Å². The summed E-state index contributed by atoms with van der Waals surface area (Å²) in [5, 5.41) is 2.26. The van der Waals surface area contributed by atoms with Crippen molar-refractivity contribution in [3.05, 3.63) is 48.0 Å². The number of nitrogens with one attached hydrogen (secondary N) is 1. The van der Waals surface area contributed by atoms with Crippen LogP contribution in [-0.4, -0.2) is 17.9 Å². The summed E-state index contributed by atoms with van der Waals surface area (Å²) < 4.78 is 38.6. The van der Waals surface area contributed by atoms with Gasteiger partial charge in [0.15, 0.2) is 0 Å². The summed E-state index contributed by atoms with van der Waals surface area (Å²) >= 11 is 0. The lowest BCUT2D eigenvalue weighted by molar-refractivity contribution is -0.137. The number of carbonyl (C=O) groups is 2. The van der Waals surface area contributed by atoms with Gasteiger partial charge in [0.2, 0.25) is 5.91 Å². The third-order valence-electron chi connectivity index (χ3n) is 3.03. The van der Waals surface area contributed by atoms with Crippen molar-refractivity contribution in [2.45, 2.75) is 31.5 Å². The van der Waals surface area contributed by atoms with Crippen LogP contribution in [0, 0.1) is 0 Å². The molecule has 22 heavy (non-hydrogen) atoms. The van der Waals surface area contributed by atoms with Gasteiger partial charge in [0.05, 0.1) is 11.1 Å². The number of hydrogen-bond donors (Lipinski definition) is 2. The van der Waals surface area contributed by atoms with Crippen molar-refractivity contribution in [3.8, 4) is 0 Å². The van der Waals surface area contributed by atoms with Gasteiger partial charge in [0.25, 0.3) is 5.91 Å². The number of allylic oxidation sites excluding steroid dienone is 1. The molecule has 0 spiro atoms. The number of primary amides is 1. The molecule has 0 aromatic heterocycles. The normalized spacial score (nSPS) is 12.5. The van der Waals surface area contributed by atoms with Crippen LogP contribution in [-0.2, 0) is 11.0 Å². The molecule has 1 aromatic carbocycles. The lowest BCUT2D eigenvalue weighted by Crippen LogP contribution is -2.44. The fraction of sp³-hybridized carbons (Fsp3) is 0.333. The lowest BCUT2D eigenvalue weighted by Gasteiger charge is -2.17. The first-order valence-corrected chi connectivity index (χ1v) is 6.64. The van der Waals surface area contributed by atoms with Crippen molar-refractivity contribution in [3.63, 3.8) is 0 Å². The number of amides is 2. The monoisotopic (exact) mass is 314 g/mol. The number of hydrogen-bond acceptors (Lipinski definition) is 2. The molecule has 120 valence electrons. The van der Waals surface area contributed by atoms with Crippen molar-refractivity contribution in [1.82, 2.24) is 5.32 Å². The molecule has 4 nitrogen and oxygen atoms in total. The van der Waals surface area contributed by atoms with E-state index in [-0.39, 0.29) is 6.42 Å². The quantitative estimate of drug-likeness (QED) is 0.600. The number of rotatable bonds is 7. The maximum absolute atomic E-state index is 12.9. The Labute approximate surface area is 126 Å². The van der Waals surface area contributed by atoms with Crippen molar-refractivity contribution >= 4 is 11.8 Å². The Morgan fingerprint density at radius 1 is 1.32 bits per heavy atom. The predicted molar refractivity (Wildman–Crippen MR) is 75.9 cm³/mol. The van der Waals surface area contributed by atoms with Crippen LogP contribution in [0.5, 0.6) is 0 Å². The fourth-order valence-corrected chi connectivity index (χ4v) is 1.92. The Morgan fingerprint density at radius 3 is 2.50 bits per heavy atom. The van der Waals surface area contributed by atoms with Crippen molar-refractivity contribution in [1.29, 1.82) is 0 Å². The van der Waals surface area contributed by atoms with E-state index in [2.05, 4.69) is 11.9 Å². The first kappa shape index (κ1) is 17.7. The third-order valence-corrected chi connectivity index (χ3v) is 3.03. The topological polar surface area (TPSA) is 72.2 Å². The van der Waals surface area contributed by atoms with E-state index in [1.165, 1.54) is 12.1 Å². The molecule has 0 bridgehead atoms. The van der Waals surface area contributed by atoms with Crippen LogP contribution in [0.1, 0.15) is 35.2 Å². The third kappa shape index (κ3) is 4.91. The van der Waals surface area contributed by atoms with Crippen LogP contribution in [0.4, 0.5) is 13.2 Å². The van der Waals surface area contributed by atoms with Gasteiger partial charge in [-0.2, -0.15) is 13.2 Å². The molecular formula is C15H17F3N2O2. The summed E-state index contributed by atoms with van der Waals surface area (Å²) in [5.74, 6) is -1.77. The zero-order valence-electron chi connectivity index (χ0n) is 11.8. The van der Waals surface area contributed by atoms with Crippen molar-refractivity contribution < 1.29 is 22.8 Å². The Hall–Kier alpha value is -2.31. The molecule has 0 aliphatic rings. The standard InChI is InChI=1S/C15H17F3N2O2/c1-2-3-4-9-12(13(19)21)20-14(22)10-7-5-6-8-11(10)15(16,17)18/h2,5-8,12H,1,3-4,9H2,(H2,19,21)(H,20,22)/t12-/m1/s1. The molecule has 0 aliphatic carbocycles. The highest BCUT2D eigenvalue weighted by Crippen LogP contribution is 2.31. The summed E-state index contributed by atoms with van der Waals surface area (Å²) in [4.78, 5) is 23.3. The predicted octanol–water partition coefficient (Wildman–Crippen LogP) is 2.65. The highest BCUT2D eigenvalue weighted by Gasteiger charge is 2.35. The molecule has 0 fully saturated rings. The molecule has 3 N–H and O–H groups in total. The molecule has 2 amide bonds. The van der Waals surface area contributed by atoms with Gasteiger partial charge in [-0.05, 0) is 31.4 Å². The highest BCUT2D eigenvalue weighted by atomic mass is 19.4. The van der Waals surface area contributed by atoms with E-state index in [0.717, 1.165) is 12.1 Å². The number of halogens is 3. The summed E-state index contributed by atoms with van der Waals surface area (Å²) in [6.07, 6.45) is -1.63. The molecule has 0 heterocycles. The maximum atomic E-state index is 12.9. The Morgan fingerprint density at radius 2 is 1.95 bits per heavy atom. The Bertz CT molecular complexity index is 556. The molecular weight excluding hydrogens is 297 g/mol. The second kappa shape index (κ2) is 7.63. The number of unbranched alkanes of at least 4 members (excludes halogenated alkanes) is 1. The number of benzene rings is 1. The SMILES string of the molecule is C=CCCC[C@@H](NC(=O)c1ccccc1C(F)(F)F)C(N)=O. The first-order chi connectivity index (χ1) is 10.3. The van der Waals surface area contributed by atoms with Crippen LogP contribution < -0.4 is 11.1 Å². The summed E-state index contributed by atoms with van der Waals surface area (Å²) in [6.45, 7) is 3.52. The largest absolute Gasteiger partial charge is 0.417 e. The number of alkyl halides is 3. The zero-order chi connectivity index (χ0) is 16.8. The van der Waals surface area contributed by atoms with Crippen LogP contribution in [0.3, 0.4) is 0 Å². The van der Waals surface area contributed by atoms with Gasteiger partial charge in [-0.25, -0.2) is 0 Å². The van der Waals surface area contributed by atoms with Crippen molar-refractivity contribution in [2.75, 3.05) is 0 Å². The molecule has 0 radical (unpaired) electrons.